The molecule has 2 aromatic rings. The number of methoxy groups -OCH3 is 1. The number of rotatable bonds is 3. The summed E-state index contributed by atoms with van der Waals surface area (Å²) in [5.41, 5.74) is 1.57. The molecule has 0 atom stereocenters. The van der Waals surface area contributed by atoms with Crippen molar-refractivity contribution < 1.29 is 14.6 Å². The summed E-state index contributed by atoms with van der Waals surface area (Å²) in [5.74, 6) is -0.0774. The van der Waals surface area contributed by atoms with Crippen LogP contribution in [-0.2, 0) is 4.74 Å². The number of aryl methyl sites for hydroxylation is 1. The lowest BCUT2D eigenvalue weighted by atomic mass is 10.1. The third-order valence-corrected chi connectivity index (χ3v) is 3.85. The smallest absolute Gasteiger partial charge is 0.337 e. The van der Waals surface area contributed by atoms with Gasteiger partial charge in [-0.05, 0) is 55.0 Å². The van der Waals surface area contributed by atoms with Gasteiger partial charge in [-0.1, -0.05) is 11.8 Å². The van der Waals surface area contributed by atoms with Crippen LogP contribution in [-0.4, -0.2) is 18.2 Å². The molecule has 98 valence electrons. The Morgan fingerprint density at radius 2 is 1.84 bits per heavy atom. The fourth-order valence-electron chi connectivity index (χ4n) is 1.65. The van der Waals surface area contributed by atoms with E-state index in [1.165, 1.54) is 7.11 Å². The molecule has 0 saturated heterocycles. The number of aromatic hydroxyl groups is 1. The average Bonchev–Trinajstić information content (AvgIpc) is 2.42. The van der Waals surface area contributed by atoms with Gasteiger partial charge >= 0.3 is 5.97 Å². The number of benzene rings is 2. The largest absolute Gasteiger partial charge is 0.508 e. The van der Waals surface area contributed by atoms with Gasteiger partial charge in [0.05, 0.1) is 12.7 Å². The molecule has 0 aliphatic carbocycles. The van der Waals surface area contributed by atoms with Gasteiger partial charge in [-0.2, -0.15) is 0 Å². The maximum Gasteiger partial charge on any atom is 0.337 e. The van der Waals surface area contributed by atoms with Gasteiger partial charge in [0, 0.05) is 9.79 Å². The molecule has 0 bridgehead atoms. The first-order valence-electron chi connectivity index (χ1n) is 5.76. The van der Waals surface area contributed by atoms with E-state index in [0.717, 1.165) is 15.4 Å². The minimum atomic E-state index is -0.329. The highest BCUT2D eigenvalue weighted by atomic mass is 32.2. The van der Waals surface area contributed by atoms with Gasteiger partial charge in [-0.15, -0.1) is 0 Å². The average molecular weight is 274 g/mol. The van der Waals surface area contributed by atoms with E-state index in [4.69, 9.17) is 0 Å². The number of hydrogen-bond donors (Lipinski definition) is 1. The summed E-state index contributed by atoms with van der Waals surface area (Å²) in [6, 6.07) is 12.5. The van der Waals surface area contributed by atoms with Crippen LogP contribution in [0.25, 0.3) is 0 Å². The van der Waals surface area contributed by atoms with Crippen molar-refractivity contribution in [3.05, 3.63) is 53.6 Å². The van der Waals surface area contributed by atoms with Gasteiger partial charge in [-0.3, -0.25) is 0 Å². The molecular weight excluding hydrogens is 260 g/mol. The summed E-state index contributed by atoms with van der Waals surface area (Å²) in [4.78, 5) is 13.5. The summed E-state index contributed by atoms with van der Waals surface area (Å²) in [5, 5.41) is 9.24. The number of hydrogen-bond acceptors (Lipinski definition) is 4. The molecule has 0 aromatic heterocycles. The van der Waals surface area contributed by atoms with Gasteiger partial charge in [0.2, 0.25) is 0 Å². The quantitative estimate of drug-likeness (QED) is 0.868. The van der Waals surface area contributed by atoms with Gasteiger partial charge in [0.15, 0.2) is 0 Å². The number of esters is 1. The first-order valence-corrected chi connectivity index (χ1v) is 6.57. The van der Waals surface area contributed by atoms with E-state index in [1.54, 1.807) is 30.0 Å². The van der Waals surface area contributed by atoms with Crippen LogP contribution in [0, 0.1) is 6.92 Å². The van der Waals surface area contributed by atoms with E-state index in [-0.39, 0.29) is 11.7 Å². The SMILES string of the molecule is COC(=O)c1ccc(Sc2ccc(O)cc2)c(C)c1. The van der Waals surface area contributed by atoms with E-state index in [1.807, 2.05) is 31.2 Å². The molecule has 19 heavy (non-hydrogen) atoms. The molecule has 1 N–H and O–H groups in total. The molecule has 0 radical (unpaired) electrons. The zero-order valence-electron chi connectivity index (χ0n) is 10.7. The monoisotopic (exact) mass is 274 g/mol. The highest BCUT2D eigenvalue weighted by Gasteiger charge is 2.08. The second kappa shape index (κ2) is 5.80. The minimum absolute atomic E-state index is 0.252. The molecule has 0 fully saturated rings. The zero-order chi connectivity index (χ0) is 13.8. The van der Waals surface area contributed by atoms with Crippen molar-refractivity contribution in [2.45, 2.75) is 16.7 Å². The molecular formula is C15H14O3S. The summed E-state index contributed by atoms with van der Waals surface area (Å²) in [7, 11) is 1.37. The predicted octanol–water partition coefficient (Wildman–Crippen LogP) is 3.64. The first kappa shape index (κ1) is 13.5. The van der Waals surface area contributed by atoms with Crippen LogP contribution in [0.5, 0.6) is 5.75 Å². The van der Waals surface area contributed by atoms with Crippen molar-refractivity contribution in [1.29, 1.82) is 0 Å². The Bertz CT molecular complexity index is 591. The zero-order valence-corrected chi connectivity index (χ0v) is 11.5. The van der Waals surface area contributed by atoms with E-state index >= 15 is 0 Å². The van der Waals surface area contributed by atoms with Gasteiger partial charge < -0.3 is 9.84 Å². The fourth-order valence-corrected chi connectivity index (χ4v) is 2.53. The van der Waals surface area contributed by atoms with Gasteiger partial charge in [-0.25, -0.2) is 4.79 Å². The molecule has 0 unspecified atom stereocenters. The second-order valence-electron chi connectivity index (χ2n) is 4.07. The Morgan fingerprint density at radius 3 is 2.42 bits per heavy atom. The van der Waals surface area contributed by atoms with E-state index in [0.29, 0.717) is 5.56 Å². The number of ether oxygens (including phenoxy) is 1. The number of carbonyl (C=O) groups is 1. The van der Waals surface area contributed by atoms with Crippen LogP contribution in [0.1, 0.15) is 15.9 Å². The highest BCUT2D eigenvalue weighted by molar-refractivity contribution is 7.99. The van der Waals surface area contributed by atoms with Crippen molar-refractivity contribution in [2.75, 3.05) is 7.11 Å². The molecule has 2 rings (SSSR count). The van der Waals surface area contributed by atoms with Crippen LogP contribution in [0.3, 0.4) is 0 Å². The van der Waals surface area contributed by atoms with E-state index in [9.17, 15) is 9.90 Å². The number of carbonyl (C=O) groups excluding carboxylic acids is 1. The predicted molar refractivity (Wildman–Crippen MR) is 74.7 cm³/mol. The van der Waals surface area contributed by atoms with Crippen molar-refractivity contribution in [3.8, 4) is 5.75 Å². The second-order valence-corrected chi connectivity index (χ2v) is 5.18. The van der Waals surface area contributed by atoms with Gasteiger partial charge in [0.25, 0.3) is 0 Å². The molecule has 2 aromatic carbocycles. The topological polar surface area (TPSA) is 46.5 Å². The van der Waals surface area contributed by atoms with Crippen molar-refractivity contribution in [1.82, 2.24) is 0 Å². The third kappa shape index (κ3) is 3.29. The van der Waals surface area contributed by atoms with Crippen LogP contribution < -0.4 is 0 Å². The molecule has 0 amide bonds. The Balaban J connectivity index is 2.22. The summed E-state index contributed by atoms with van der Waals surface area (Å²) in [6.07, 6.45) is 0. The number of phenolic OH excluding ortho intramolecular Hbond substituents is 1. The lowest BCUT2D eigenvalue weighted by Crippen LogP contribution is -2.01. The lowest BCUT2D eigenvalue weighted by molar-refractivity contribution is 0.0600. The maximum absolute atomic E-state index is 11.4. The molecule has 0 heterocycles. The summed E-state index contributed by atoms with van der Waals surface area (Å²) >= 11 is 1.59. The molecule has 3 nitrogen and oxygen atoms in total. The summed E-state index contributed by atoms with van der Waals surface area (Å²) < 4.78 is 4.69. The minimum Gasteiger partial charge on any atom is -0.508 e. The van der Waals surface area contributed by atoms with E-state index in [2.05, 4.69) is 4.74 Å². The Kier molecular flexibility index (Phi) is 4.12. The Labute approximate surface area is 116 Å². The summed E-state index contributed by atoms with van der Waals surface area (Å²) in [6.45, 7) is 1.95. The molecule has 0 aliphatic rings. The van der Waals surface area contributed by atoms with Crippen LogP contribution >= 0.6 is 11.8 Å². The maximum atomic E-state index is 11.4. The van der Waals surface area contributed by atoms with Crippen molar-refractivity contribution >= 4 is 17.7 Å². The molecule has 0 spiro atoms. The van der Waals surface area contributed by atoms with Crippen LogP contribution in [0.4, 0.5) is 0 Å². The normalized spacial score (nSPS) is 10.2. The highest BCUT2D eigenvalue weighted by Crippen LogP contribution is 2.31. The van der Waals surface area contributed by atoms with Crippen LogP contribution in [0.2, 0.25) is 0 Å². The van der Waals surface area contributed by atoms with Gasteiger partial charge in [0.1, 0.15) is 5.75 Å². The van der Waals surface area contributed by atoms with Crippen molar-refractivity contribution in [2.24, 2.45) is 0 Å². The molecule has 0 aliphatic heterocycles. The first-order chi connectivity index (χ1) is 9.10. The Hall–Kier alpha value is -1.94. The third-order valence-electron chi connectivity index (χ3n) is 2.66. The Morgan fingerprint density at radius 1 is 1.16 bits per heavy atom. The fraction of sp³-hybridized carbons (Fsp3) is 0.133. The molecule has 0 saturated carbocycles. The van der Waals surface area contributed by atoms with E-state index < -0.39 is 0 Å². The number of phenols is 1. The molecule has 4 heteroatoms. The van der Waals surface area contributed by atoms with Crippen molar-refractivity contribution in [3.63, 3.8) is 0 Å². The van der Waals surface area contributed by atoms with Crippen LogP contribution in [0.15, 0.2) is 52.3 Å². The lowest BCUT2D eigenvalue weighted by Gasteiger charge is -2.07. The standard InChI is InChI=1S/C15H14O3S/c1-10-9-11(15(17)18-2)3-8-14(10)19-13-6-4-12(16)5-7-13/h3-9,16H,1-2H3.